The van der Waals surface area contributed by atoms with Gasteiger partial charge in [0.2, 0.25) is 5.91 Å². The zero-order chi connectivity index (χ0) is 20.1. The largest absolute Gasteiger partial charge is 0.493 e. The summed E-state index contributed by atoms with van der Waals surface area (Å²) in [6, 6.07) is 7.09. The first kappa shape index (κ1) is 19.8. The lowest BCUT2D eigenvalue weighted by Crippen LogP contribution is -2.48. The molecule has 8 heteroatoms. The van der Waals surface area contributed by atoms with E-state index in [4.69, 9.17) is 13.9 Å². The third kappa shape index (κ3) is 4.45. The molecular formula is C20H25N3O5. The van der Waals surface area contributed by atoms with Crippen molar-refractivity contribution in [3.63, 3.8) is 0 Å². The molecule has 0 saturated carbocycles. The Balaban J connectivity index is 1.72. The van der Waals surface area contributed by atoms with Gasteiger partial charge in [-0.15, -0.1) is 0 Å². The van der Waals surface area contributed by atoms with Crippen LogP contribution in [0.3, 0.4) is 0 Å². The number of methoxy groups -OCH3 is 2. The van der Waals surface area contributed by atoms with Crippen LogP contribution in [-0.2, 0) is 11.3 Å². The summed E-state index contributed by atoms with van der Waals surface area (Å²) >= 11 is 0. The van der Waals surface area contributed by atoms with Crippen LogP contribution in [0.4, 0.5) is 5.69 Å². The number of ether oxygens (including phenoxy) is 2. The van der Waals surface area contributed by atoms with Gasteiger partial charge in [0.05, 0.1) is 32.7 Å². The van der Waals surface area contributed by atoms with E-state index in [1.54, 1.807) is 23.3 Å². The Kier molecular flexibility index (Phi) is 6.20. The van der Waals surface area contributed by atoms with Gasteiger partial charge in [0, 0.05) is 38.7 Å². The molecule has 1 aromatic carbocycles. The van der Waals surface area contributed by atoms with E-state index >= 15 is 0 Å². The number of carbonyl (C=O) groups is 2. The van der Waals surface area contributed by atoms with Gasteiger partial charge in [0.25, 0.3) is 5.91 Å². The van der Waals surface area contributed by atoms with Crippen LogP contribution in [0, 0.1) is 0 Å². The molecule has 2 aromatic rings. The lowest BCUT2D eigenvalue weighted by atomic mass is 10.1. The lowest BCUT2D eigenvalue weighted by Gasteiger charge is -2.34. The van der Waals surface area contributed by atoms with Crippen LogP contribution in [-0.4, -0.2) is 62.0 Å². The third-order valence-electron chi connectivity index (χ3n) is 4.66. The number of piperazine rings is 1. The average molecular weight is 387 g/mol. The Morgan fingerprint density at radius 1 is 1.14 bits per heavy atom. The predicted octanol–water partition coefficient (Wildman–Crippen LogP) is 2.21. The van der Waals surface area contributed by atoms with Gasteiger partial charge in [-0.2, -0.15) is 0 Å². The van der Waals surface area contributed by atoms with E-state index in [0.717, 1.165) is 25.4 Å². The van der Waals surface area contributed by atoms with Crippen molar-refractivity contribution < 1.29 is 23.5 Å². The molecule has 0 bridgehead atoms. The summed E-state index contributed by atoms with van der Waals surface area (Å²) in [5.74, 6) is 1.34. The van der Waals surface area contributed by atoms with Gasteiger partial charge in [-0.1, -0.05) is 0 Å². The molecule has 0 radical (unpaired) electrons. The molecule has 28 heavy (non-hydrogen) atoms. The Hall–Kier alpha value is -3.00. The second kappa shape index (κ2) is 8.79. The first-order chi connectivity index (χ1) is 13.5. The summed E-state index contributed by atoms with van der Waals surface area (Å²) < 4.78 is 16.1. The van der Waals surface area contributed by atoms with E-state index < -0.39 is 0 Å². The Morgan fingerprint density at radius 3 is 2.46 bits per heavy atom. The molecule has 1 fully saturated rings. The van der Waals surface area contributed by atoms with E-state index in [0.29, 0.717) is 35.8 Å². The van der Waals surface area contributed by atoms with Crippen LogP contribution in [0.5, 0.6) is 11.5 Å². The maximum absolute atomic E-state index is 13.0. The summed E-state index contributed by atoms with van der Waals surface area (Å²) in [6.45, 7) is 4.89. The minimum Gasteiger partial charge on any atom is -0.493 e. The summed E-state index contributed by atoms with van der Waals surface area (Å²) in [7, 11) is 2.99. The zero-order valence-corrected chi connectivity index (χ0v) is 16.4. The van der Waals surface area contributed by atoms with E-state index in [9.17, 15) is 9.59 Å². The number of furan rings is 1. The Labute approximate surface area is 164 Å². The molecule has 2 heterocycles. The van der Waals surface area contributed by atoms with Gasteiger partial charge < -0.3 is 24.1 Å². The van der Waals surface area contributed by atoms with Crippen molar-refractivity contribution in [2.75, 3.05) is 45.7 Å². The monoisotopic (exact) mass is 387 g/mol. The minimum absolute atomic E-state index is 0.106. The molecule has 1 aliphatic rings. The molecule has 2 amide bonds. The number of carbonyl (C=O) groups excluding carboxylic acids is 2. The SMILES string of the molecule is COc1cc(C(=O)N2CCN(Cc3ccco3)CC2)cc(NC(C)=O)c1OC. The summed E-state index contributed by atoms with van der Waals surface area (Å²) in [5, 5.41) is 2.70. The fourth-order valence-electron chi connectivity index (χ4n) is 3.28. The number of rotatable bonds is 6. The molecule has 3 rings (SSSR count). The minimum atomic E-state index is -0.253. The Morgan fingerprint density at radius 2 is 1.89 bits per heavy atom. The maximum Gasteiger partial charge on any atom is 0.254 e. The van der Waals surface area contributed by atoms with Gasteiger partial charge in [0.15, 0.2) is 11.5 Å². The molecule has 0 atom stereocenters. The van der Waals surface area contributed by atoms with Crippen LogP contribution in [0.1, 0.15) is 23.0 Å². The van der Waals surface area contributed by atoms with Crippen LogP contribution in [0.15, 0.2) is 34.9 Å². The number of nitrogens with zero attached hydrogens (tertiary/aromatic N) is 2. The number of hydrogen-bond acceptors (Lipinski definition) is 6. The molecule has 0 unspecified atom stereocenters. The quantitative estimate of drug-likeness (QED) is 0.818. The highest BCUT2D eigenvalue weighted by Gasteiger charge is 2.25. The zero-order valence-electron chi connectivity index (χ0n) is 16.4. The van der Waals surface area contributed by atoms with Crippen molar-refractivity contribution in [1.82, 2.24) is 9.80 Å². The molecule has 150 valence electrons. The predicted molar refractivity (Wildman–Crippen MR) is 104 cm³/mol. The van der Waals surface area contributed by atoms with Gasteiger partial charge in [-0.3, -0.25) is 14.5 Å². The van der Waals surface area contributed by atoms with Crippen LogP contribution in [0.25, 0.3) is 0 Å². The van der Waals surface area contributed by atoms with E-state index in [1.807, 2.05) is 12.1 Å². The molecule has 1 saturated heterocycles. The van der Waals surface area contributed by atoms with Crippen LogP contribution < -0.4 is 14.8 Å². The number of nitrogens with one attached hydrogen (secondary N) is 1. The number of benzene rings is 1. The van der Waals surface area contributed by atoms with Gasteiger partial charge >= 0.3 is 0 Å². The standard InChI is InChI=1S/C20H25N3O5/c1-14(24)21-17-11-15(12-18(26-2)19(17)27-3)20(25)23-8-6-22(7-9-23)13-16-5-4-10-28-16/h4-5,10-12H,6-9,13H2,1-3H3,(H,21,24). The highest BCUT2D eigenvalue weighted by atomic mass is 16.5. The van der Waals surface area contributed by atoms with Crippen molar-refractivity contribution in [2.24, 2.45) is 0 Å². The fourth-order valence-corrected chi connectivity index (χ4v) is 3.28. The first-order valence-electron chi connectivity index (χ1n) is 9.09. The van der Waals surface area contributed by atoms with Crippen molar-refractivity contribution >= 4 is 17.5 Å². The average Bonchev–Trinajstić information content (AvgIpc) is 3.20. The van der Waals surface area contributed by atoms with Crippen LogP contribution >= 0.6 is 0 Å². The molecule has 1 aliphatic heterocycles. The van der Waals surface area contributed by atoms with Crippen molar-refractivity contribution in [2.45, 2.75) is 13.5 Å². The smallest absolute Gasteiger partial charge is 0.254 e. The highest BCUT2D eigenvalue weighted by molar-refractivity contribution is 5.99. The van der Waals surface area contributed by atoms with Crippen molar-refractivity contribution in [3.05, 3.63) is 41.9 Å². The number of anilines is 1. The molecular weight excluding hydrogens is 362 g/mol. The summed E-state index contributed by atoms with van der Waals surface area (Å²) in [4.78, 5) is 28.6. The fraction of sp³-hybridized carbons (Fsp3) is 0.400. The first-order valence-corrected chi connectivity index (χ1v) is 9.09. The summed E-state index contributed by atoms with van der Waals surface area (Å²) in [5.41, 5.74) is 0.857. The Bertz CT molecular complexity index is 827. The van der Waals surface area contributed by atoms with Crippen molar-refractivity contribution in [1.29, 1.82) is 0 Å². The molecule has 0 spiro atoms. The van der Waals surface area contributed by atoms with Gasteiger partial charge in [-0.05, 0) is 24.3 Å². The van der Waals surface area contributed by atoms with Crippen LogP contribution in [0.2, 0.25) is 0 Å². The molecule has 1 aromatic heterocycles. The highest BCUT2D eigenvalue weighted by Crippen LogP contribution is 2.37. The molecule has 0 aliphatic carbocycles. The second-order valence-corrected chi connectivity index (χ2v) is 6.59. The molecule has 8 nitrogen and oxygen atoms in total. The number of hydrogen-bond donors (Lipinski definition) is 1. The lowest BCUT2D eigenvalue weighted by molar-refractivity contribution is -0.114. The maximum atomic E-state index is 13.0. The number of amides is 2. The van der Waals surface area contributed by atoms with Gasteiger partial charge in [0.1, 0.15) is 5.76 Å². The normalized spacial score (nSPS) is 14.6. The van der Waals surface area contributed by atoms with E-state index in [-0.39, 0.29) is 11.8 Å². The summed E-state index contributed by atoms with van der Waals surface area (Å²) in [6.07, 6.45) is 1.67. The van der Waals surface area contributed by atoms with Gasteiger partial charge in [-0.25, -0.2) is 0 Å². The second-order valence-electron chi connectivity index (χ2n) is 6.59. The van der Waals surface area contributed by atoms with E-state index in [2.05, 4.69) is 10.2 Å². The topological polar surface area (TPSA) is 84.3 Å². The molecule has 1 N–H and O–H groups in total. The van der Waals surface area contributed by atoms with Crippen molar-refractivity contribution in [3.8, 4) is 11.5 Å². The van der Waals surface area contributed by atoms with E-state index in [1.165, 1.54) is 21.1 Å². The third-order valence-corrected chi connectivity index (χ3v) is 4.66.